The summed E-state index contributed by atoms with van der Waals surface area (Å²) in [5.41, 5.74) is 8.30. The highest BCUT2D eigenvalue weighted by Gasteiger charge is 2.09. The minimum atomic E-state index is -1.38. The fraction of sp³-hybridized carbons (Fsp3) is 0.280. The summed E-state index contributed by atoms with van der Waals surface area (Å²) >= 11 is 0. The fourth-order valence-electron chi connectivity index (χ4n) is 2.13. The van der Waals surface area contributed by atoms with Crippen LogP contribution >= 0.6 is 0 Å². The van der Waals surface area contributed by atoms with Gasteiger partial charge in [0.2, 0.25) is 0 Å². The SMILES string of the molecule is C=CCCON.C=Cc1ccc(B(O)O)cc1.C=Cc1ccc(C(CO)CO)cc1.CCN. The first-order chi connectivity index (χ1) is 15.9. The van der Waals surface area contributed by atoms with E-state index in [2.05, 4.69) is 30.5 Å². The Kier molecular flexibility index (Phi) is 22.4. The van der Waals surface area contributed by atoms with Crippen molar-refractivity contribution in [1.29, 1.82) is 0 Å². The summed E-state index contributed by atoms with van der Waals surface area (Å²) in [6.07, 6.45) is 6.05. The maximum atomic E-state index is 8.93. The molecule has 8 N–H and O–H groups in total. The Morgan fingerprint density at radius 2 is 1.33 bits per heavy atom. The molecule has 0 saturated heterocycles. The Labute approximate surface area is 198 Å². The Hall–Kier alpha value is -2.56. The minimum Gasteiger partial charge on any atom is -0.423 e. The van der Waals surface area contributed by atoms with Crippen molar-refractivity contribution in [1.82, 2.24) is 0 Å². The van der Waals surface area contributed by atoms with Crippen LogP contribution in [-0.4, -0.2) is 53.7 Å². The normalized spacial score (nSPS) is 9.21. The molecule has 2 aromatic rings. The second-order valence-electron chi connectivity index (χ2n) is 6.53. The fourth-order valence-corrected chi connectivity index (χ4v) is 2.13. The molecule has 2 aromatic carbocycles. The van der Waals surface area contributed by atoms with Crippen molar-refractivity contribution >= 4 is 24.7 Å². The lowest BCUT2D eigenvalue weighted by Crippen LogP contribution is -2.29. The molecule has 0 aliphatic heterocycles. The number of benzene rings is 2. The third-order valence-corrected chi connectivity index (χ3v) is 3.99. The molecule has 33 heavy (non-hydrogen) atoms. The highest BCUT2D eigenvalue weighted by molar-refractivity contribution is 6.58. The van der Waals surface area contributed by atoms with Gasteiger partial charge in [0.05, 0.1) is 19.8 Å². The predicted molar refractivity (Wildman–Crippen MR) is 139 cm³/mol. The second-order valence-corrected chi connectivity index (χ2v) is 6.53. The van der Waals surface area contributed by atoms with E-state index in [9.17, 15) is 0 Å². The van der Waals surface area contributed by atoms with Crippen molar-refractivity contribution in [2.24, 2.45) is 11.6 Å². The maximum absolute atomic E-state index is 8.93. The van der Waals surface area contributed by atoms with E-state index in [1.54, 1.807) is 42.5 Å². The van der Waals surface area contributed by atoms with E-state index in [0.717, 1.165) is 29.7 Å². The van der Waals surface area contributed by atoms with Gasteiger partial charge < -0.3 is 30.8 Å². The lowest BCUT2D eigenvalue weighted by Gasteiger charge is -2.10. The first-order valence-electron chi connectivity index (χ1n) is 10.5. The lowest BCUT2D eigenvalue weighted by molar-refractivity contribution is 0.143. The molecule has 0 radical (unpaired) electrons. The van der Waals surface area contributed by atoms with Gasteiger partial charge in [-0.25, -0.2) is 5.90 Å². The number of aliphatic hydroxyl groups excluding tert-OH is 2. The molecule has 182 valence electrons. The first kappa shape index (κ1) is 32.6. The van der Waals surface area contributed by atoms with E-state index >= 15 is 0 Å². The Balaban J connectivity index is 0. The van der Waals surface area contributed by atoms with Gasteiger partial charge in [-0.1, -0.05) is 86.8 Å². The summed E-state index contributed by atoms with van der Waals surface area (Å²) in [5.74, 6) is 4.50. The van der Waals surface area contributed by atoms with Gasteiger partial charge in [-0.15, -0.1) is 6.58 Å². The smallest absolute Gasteiger partial charge is 0.423 e. The number of hydrogen-bond donors (Lipinski definition) is 6. The first-order valence-corrected chi connectivity index (χ1v) is 10.5. The molecule has 8 heteroatoms. The third-order valence-electron chi connectivity index (χ3n) is 3.99. The van der Waals surface area contributed by atoms with Crippen LogP contribution in [0.3, 0.4) is 0 Å². The van der Waals surface area contributed by atoms with Crippen LogP contribution in [0.5, 0.6) is 0 Å². The van der Waals surface area contributed by atoms with Gasteiger partial charge in [0.25, 0.3) is 0 Å². The van der Waals surface area contributed by atoms with Crippen molar-refractivity contribution in [3.63, 3.8) is 0 Å². The molecule has 0 unspecified atom stereocenters. The predicted octanol–water partition coefficient (Wildman–Crippen LogP) is 1.82. The molecular formula is C25H39BN2O5. The van der Waals surface area contributed by atoms with Crippen LogP contribution in [0.4, 0.5) is 0 Å². The summed E-state index contributed by atoms with van der Waals surface area (Å²) in [7, 11) is -1.38. The zero-order valence-electron chi connectivity index (χ0n) is 19.5. The largest absolute Gasteiger partial charge is 0.488 e. The van der Waals surface area contributed by atoms with E-state index in [1.807, 2.05) is 31.2 Å². The number of aliphatic hydroxyl groups is 2. The number of rotatable bonds is 9. The zero-order valence-corrected chi connectivity index (χ0v) is 19.5. The van der Waals surface area contributed by atoms with E-state index < -0.39 is 7.12 Å². The zero-order chi connectivity index (χ0) is 25.5. The van der Waals surface area contributed by atoms with Crippen LogP contribution in [-0.2, 0) is 4.84 Å². The topological polar surface area (TPSA) is 142 Å². The Morgan fingerprint density at radius 1 is 0.909 bits per heavy atom. The molecule has 0 aromatic heterocycles. The van der Waals surface area contributed by atoms with Crippen LogP contribution in [0.2, 0.25) is 0 Å². The second kappa shape index (κ2) is 22.6. The van der Waals surface area contributed by atoms with Crippen LogP contribution in [0.15, 0.2) is 74.3 Å². The third kappa shape index (κ3) is 16.7. The molecule has 0 saturated carbocycles. The van der Waals surface area contributed by atoms with Gasteiger partial charge in [-0.05, 0) is 35.1 Å². The molecule has 0 bridgehead atoms. The molecule has 2 rings (SSSR count). The monoisotopic (exact) mass is 458 g/mol. The molecule has 0 spiro atoms. The number of nitrogens with two attached hydrogens (primary N) is 2. The van der Waals surface area contributed by atoms with Crippen molar-refractivity contribution < 1.29 is 25.1 Å². The van der Waals surface area contributed by atoms with Gasteiger partial charge in [-0.2, -0.15) is 0 Å². The molecule has 0 fully saturated rings. The van der Waals surface area contributed by atoms with Gasteiger partial charge in [0.1, 0.15) is 0 Å². The molecular weight excluding hydrogens is 419 g/mol. The van der Waals surface area contributed by atoms with Crippen LogP contribution < -0.4 is 17.1 Å². The van der Waals surface area contributed by atoms with Crippen LogP contribution in [0.25, 0.3) is 12.2 Å². The molecule has 0 atom stereocenters. The van der Waals surface area contributed by atoms with Gasteiger partial charge >= 0.3 is 7.12 Å². The van der Waals surface area contributed by atoms with Crippen LogP contribution in [0.1, 0.15) is 36.0 Å². The highest BCUT2D eigenvalue weighted by atomic mass is 16.6. The Morgan fingerprint density at radius 3 is 1.61 bits per heavy atom. The van der Waals surface area contributed by atoms with Crippen molar-refractivity contribution in [3.8, 4) is 0 Å². The van der Waals surface area contributed by atoms with Crippen LogP contribution in [0, 0.1) is 0 Å². The molecule has 0 amide bonds. The van der Waals surface area contributed by atoms with E-state index in [4.69, 9.17) is 26.0 Å². The minimum absolute atomic E-state index is 0.0239. The summed E-state index contributed by atoms with van der Waals surface area (Å²) in [6, 6.07) is 14.5. The van der Waals surface area contributed by atoms with Gasteiger partial charge in [0, 0.05) is 5.92 Å². The average molecular weight is 458 g/mol. The van der Waals surface area contributed by atoms with Gasteiger partial charge in [0.15, 0.2) is 0 Å². The van der Waals surface area contributed by atoms with Gasteiger partial charge in [-0.3, -0.25) is 0 Å². The van der Waals surface area contributed by atoms with Crippen molar-refractivity contribution in [3.05, 3.63) is 91.0 Å². The molecule has 0 aliphatic rings. The quantitative estimate of drug-likeness (QED) is 0.146. The maximum Gasteiger partial charge on any atom is 0.488 e. The van der Waals surface area contributed by atoms with E-state index in [-0.39, 0.29) is 19.1 Å². The average Bonchev–Trinajstić information content (AvgIpc) is 2.85. The van der Waals surface area contributed by atoms with Crippen molar-refractivity contribution in [2.75, 3.05) is 26.4 Å². The highest BCUT2D eigenvalue weighted by Crippen LogP contribution is 2.15. The summed E-state index contributed by atoms with van der Waals surface area (Å²) < 4.78 is 0. The molecule has 7 nitrogen and oxygen atoms in total. The summed E-state index contributed by atoms with van der Waals surface area (Å²) in [5, 5.41) is 35.3. The van der Waals surface area contributed by atoms with E-state index in [1.165, 1.54) is 0 Å². The molecule has 0 heterocycles. The standard InChI is InChI=1S/C11H14O2.C8H9BO2.C4H9NO.C2H7N/c1-2-9-3-5-10(6-4-9)11(7-12)8-13;1-2-7-3-5-8(6-4-7)9(10)11;1-2-3-4-6-5;1-2-3/h2-6,11-13H,1,7-8H2;2-6,10-11H,1H2;2H,1,3-5H2;2-3H2,1H3. The number of hydrogen-bond acceptors (Lipinski definition) is 7. The summed E-state index contributed by atoms with van der Waals surface area (Å²) in [6.45, 7) is 13.9. The summed E-state index contributed by atoms with van der Waals surface area (Å²) in [4.78, 5) is 4.21. The lowest BCUT2D eigenvalue weighted by atomic mass is 9.80. The molecule has 0 aliphatic carbocycles. The van der Waals surface area contributed by atoms with E-state index in [0.29, 0.717) is 12.1 Å². The van der Waals surface area contributed by atoms with Crippen molar-refractivity contribution in [2.45, 2.75) is 19.3 Å². The Bertz CT molecular complexity index is 733.